The van der Waals surface area contributed by atoms with E-state index in [4.69, 9.17) is 0 Å². The summed E-state index contributed by atoms with van der Waals surface area (Å²) in [6, 6.07) is 15.6. The van der Waals surface area contributed by atoms with Crippen molar-refractivity contribution >= 4 is 37.5 Å². The maximum absolute atomic E-state index is 3.76. The Hall–Kier alpha value is -1.06. The summed E-state index contributed by atoms with van der Waals surface area (Å²) in [4.78, 5) is 0. The molecule has 1 heterocycles. The number of anilines is 1. The monoisotopic (exact) mass is 403 g/mol. The van der Waals surface area contributed by atoms with E-state index in [9.17, 15) is 0 Å². The molecule has 1 N–H and O–H groups in total. The van der Waals surface area contributed by atoms with Gasteiger partial charge in [-0.3, -0.25) is 0 Å². The molecule has 0 bridgehead atoms. The van der Waals surface area contributed by atoms with Gasteiger partial charge in [0.05, 0.1) is 6.04 Å². The van der Waals surface area contributed by atoms with E-state index in [1.807, 2.05) is 0 Å². The fourth-order valence-electron chi connectivity index (χ4n) is 3.57. The smallest absolute Gasteiger partial charge is 0.0553 e. The molecule has 3 heteroatoms. The summed E-state index contributed by atoms with van der Waals surface area (Å²) < 4.78 is 2.29. The van der Waals surface area contributed by atoms with E-state index < -0.39 is 0 Å². The van der Waals surface area contributed by atoms with Gasteiger partial charge < -0.3 is 5.32 Å². The van der Waals surface area contributed by atoms with E-state index in [1.54, 1.807) is 0 Å². The zero-order valence-corrected chi connectivity index (χ0v) is 14.6. The SMILES string of the molecule is Brc1ccc([C@@H]2Nc3ccc(Br)cc3[C@H]3C=CC[C@@H]32)cc1. The fourth-order valence-corrected chi connectivity index (χ4v) is 4.21. The van der Waals surface area contributed by atoms with Crippen molar-refractivity contribution in [3.63, 3.8) is 0 Å². The molecule has 0 unspecified atom stereocenters. The molecule has 0 spiro atoms. The lowest BCUT2D eigenvalue weighted by Crippen LogP contribution is -2.29. The molecule has 21 heavy (non-hydrogen) atoms. The number of benzene rings is 2. The largest absolute Gasteiger partial charge is 0.378 e. The number of hydrogen-bond acceptors (Lipinski definition) is 1. The molecule has 2 aliphatic rings. The second kappa shape index (κ2) is 5.29. The van der Waals surface area contributed by atoms with Gasteiger partial charge in [0.1, 0.15) is 0 Å². The Morgan fingerprint density at radius 2 is 1.71 bits per heavy atom. The minimum atomic E-state index is 0.381. The van der Waals surface area contributed by atoms with Gasteiger partial charge in [-0.25, -0.2) is 0 Å². The van der Waals surface area contributed by atoms with E-state index in [0.29, 0.717) is 17.9 Å². The number of fused-ring (bicyclic) bond motifs is 3. The van der Waals surface area contributed by atoms with Crippen molar-refractivity contribution in [2.45, 2.75) is 18.4 Å². The van der Waals surface area contributed by atoms with Gasteiger partial charge >= 0.3 is 0 Å². The van der Waals surface area contributed by atoms with Crippen LogP contribution < -0.4 is 5.32 Å². The Morgan fingerprint density at radius 1 is 0.952 bits per heavy atom. The number of allylic oxidation sites excluding steroid dienone is 2. The second-order valence-electron chi connectivity index (χ2n) is 5.76. The van der Waals surface area contributed by atoms with Gasteiger partial charge in [-0.05, 0) is 53.8 Å². The Bertz CT molecular complexity index is 706. The van der Waals surface area contributed by atoms with Crippen LogP contribution >= 0.6 is 31.9 Å². The van der Waals surface area contributed by atoms with Crippen LogP contribution in [0.25, 0.3) is 0 Å². The first-order valence-corrected chi connectivity index (χ1v) is 8.79. The standard InChI is InChI=1S/C18H15Br2N/c19-12-6-4-11(5-7-12)18-15-3-1-2-14(15)16-10-13(20)8-9-17(16)21-18/h1-2,4-10,14-15,18,21H,3H2/t14-,15-,18-/m0/s1. The third kappa shape index (κ3) is 2.36. The molecule has 106 valence electrons. The first-order valence-electron chi connectivity index (χ1n) is 7.20. The van der Waals surface area contributed by atoms with E-state index in [-0.39, 0.29) is 0 Å². The predicted octanol–water partition coefficient (Wildman–Crippen LogP) is 6.04. The molecule has 4 rings (SSSR count). The number of halogens is 2. The summed E-state index contributed by atoms with van der Waals surface area (Å²) in [5.74, 6) is 1.13. The van der Waals surface area contributed by atoms with Crippen LogP contribution in [0.3, 0.4) is 0 Å². The maximum Gasteiger partial charge on any atom is 0.0553 e. The van der Waals surface area contributed by atoms with E-state index >= 15 is 0 Å². The van der Waals surface area contributed by atoms with Gasteiger partial charge in [0.15, 0.2) is 0 Å². The summed E-state index contributed by atoms with van der Waals surface area (Å²) in [6.07, 6.45) is 5.85. The van der Waals surface area contributed by atoms with Crippen LogP contribution in [0.2, 0.25) is 0 Å². The van der Waals surface area contributed by atoms with Crippen LogP contribution in [0.15, 0.2) is 63.6 Å². The molecule has 1 nitrogen and oxygen atoms in total. The second-order valence-corrected chi connectivity index (χ2v) is 7.59. The molecule has 1 aliphatic heterocycles. The fraction of sp³-hybridized carbons (Fsp3) is 0.222. The molecular formula is C18H15Br2N. The van der Waals surface area contributed by atoms with Crippen molar-refractivity contribution in [1.29, 1.82) is 0 Å². The van der Waals surface area contributed by atoms with Crippen LogP contribution in [0.5, 0.6) is 0 Å². The third-order valence-corrected chi connectivity index (χ3v) is 5.58. The van der Waals surface area contributed by atoms with Gasteiger partial charge in [0.2, 0.25) is 0 Å². The minimum absolute atomic E-state index is 0.381. The molecular weight excluding hydrogens is 390 g/mol. The van der Waals surface area contributed by atoms with Gasteiger partial charge in [-0.1, -0.05) is 56.1 Å². The highest BCUT2D eigenvalue weighted by molar-refractivity contribution is 9.10. The van der Waals surface area contributed by atoms with Crippen LogP contribution in [0.1, 0.15) is 29.5 Å². The van der Waals surface area contributed by atoms with Gasteiger partial charge in [-0.15, -0.1) is 0 Å². The average Bonchev–Trinajstić information content (AvgIpc) is 2.97. The van der Waals surface area contributed by atoms with Crippen molar-refractivity contribution in [2.24, 2.45) is 5.92 Å². The van der Waals surface area contributed by atoms with Crippen LogP contribution in [-0.4, -0.2) is 0 Å². The van der Waals surface area contributed by atoms with Crippen molar-refractivity contribution in [1.82, 2.24) is 0 Å². The quantitative estimate of drug-likeness (QED) is 0.571. The van der Waals surface area contributed by atoms with E-state index in [2.05, 4.69) is 91.8 Å². The van der Waals surface area contributed by atoms with Gasteiger partial charge in [0, 0.05) is 20.6 Å². The van der Waals surface area contributed by atoms with Crippen molar-refractivity contribution in [2.75, 3.05) is 5.32 Å². The molecule has 2 aromatic rings. The van der Waals surface area contributed by atoms with E-state index in [1.165, 1.54) is 16.8 Å². The predicted molar refractivity (Wildman–Crippen MR) is 94.6 cm³/mol. The average molecular weight is 405 g/mol. The zero-order chi connectivity index (χ0) is 14.4. The summed E-state index contributed by atoms with van der Waals surface area (Å²) in [6.45, 7) is 0. The molecule has 0 fully saturated rings. The van der Waals surface area contributed by atoms with Crippen LogP contribution in [-0.2, 0) is 0 Å². The number of hydrogen-bond donors (Lipinski definition) is 1. The lowest BCUT2D eigenvalue weighted by Gasteiger charge is -2.37. The molecule has 0 aromatic heterocycles. The minimum Gasteiger partial charge on any atom is -0.378 e. The molecule has 2 aromatic carbocycles. The van der Waals surface area contributed by atoms with Gasteiger partial charge in [-0.2, -0.15) is 0 Å². The van der Waals surface area contributed by atoms with Crippen molar-refractivity contribution in [3.8, 4) is 0 Å². The number of nitrogens with one attached hydrogen (secondary N) is 1. The summed E-state index contributed by atoms with van der Waals surface area (Å²) in [5, 5.41) is 3.76. The first-order chi connectivity index (χ1) is 10.2. The summed E-state index contributed by atoms with van der Waals surface area (Å²) in [5.41, 5.74) is 4.04. The third-order valence-electron chi connectivity index (χ3n) is 4.55. The lowest BCUT2D eigenvalue weighted by atomic mass is 9.77. The molecule has 0 radical (unpaired) electrons. The Labute approximate surface area is 141 Å². The Morgan fingerprint density at radius 3 is 2.52 bits per heavy atom. The zero-order valence-electron chi connectivity index (χ0n) is 11.4. The van der Waals surface area contributed by atoms with Crippen LogP contribution in [0.4, 0.5) is 5.69 Å². The lowest BCUT2D eigenvalue weighted by molar-refractivity contribution is 0.425. The first kappa shape index (κ1) is 13.6. The molecule has 0 saturated carbocycles. The molecule has 3 atom stereocenters. The molecule has 0 amide bonds. The summed E-state index contributed by atoms with van der Waals surface area (Å²) in [7, 11) is 0. The van der Waals surface area contributed by atoms with E-state index in [0.717, 1.165) is 15.4 Å². The van der Waals surface area contributed by atoms with Crippen molar-refractivity contribution in [3.05, 3.63) is 74.7 Å². The van der Waals surface area contributed by atoms with Crippen LogP contribution in [0, 0.1) is 5.92 Å². The Balaban J connectivity index is 1.78. The molecule has 0 saturated heterocycles. The summed E-state index contributed by atoms with van der Waals surface area (Å²) >= 11 is 7.12. The topological polar surface area (TPSA) is 12.0 Å². The maximum atomic E-state index is 3.76. The number of rotatable bonds is 1. The molecule has 1 aliphatic carbocycles. The Kier molecular flexibility index (Phi) is 3.43. The normalized spacial score (nSPS) is 26.1. The van der Waals surface area contributed by atoms with Gasteiger partial charge in [0.25, 0.3) is 0 Å². The highest BCUT2D eigenvalue weighted by Gasteiger charge is 2.37. The highest BCUT2D eigenvalue weighted by Crippen LogP contribution is 2.50. The van der Waals surface area contributed by atoms with Crippen molar-refractivity contribution < 1.29 is 0 Å². The highest BCUT2D eigenvalue weighted by atomic mass is 79.9.